The first-order chi connectivity index (χ1) is 7.08. The van der Waals surface area contributed by atoms with Crippen LogP contribution in [-0.2, 0) is 0 Å². The van der Waals surface area contributed by atoms with E-state index >= 15 is 0 Å². The van der Waals surface area contributed by atoms with E-state index in [1.54, 1.807) is 13.0 Å². The van der Waals surface area contributed by atoms with Crippen molar-refractivity contribution in [1.82, 2.24) is 10.1 Å². The van der Waals surface area contributed by atoms with Gasteiger partial charge in [-0.15, -0.1) is 0 Å². The van der Waals surface area contributed by atoms with Gasteiger partial charge in [-0.2, -0.15) is 4.98 Å². The molecule has 2 aromatic rings. The lowest BCUT2D eigenvalue weighted by Gasteiger charge is -1.86. The molecule has 6 nitrogen and oxygen atoms in total. The number of aryl methyl sites for hydroxylation is 1. The van der Waals surface area contributed by atoms with Crippen LogP contribution in [0.5, 0.6) is 0 Å². The van der Waals surface area contributed by atoms with E-state index in [1.165, 1.54) is 0 Å². The Labute approximate surface area is 92.0 Å². The van der Waals surface area contributed by atoms with Crippen molar-refractivity contribution in [2.24, 2.45) is 0 Å². The third kappa shape index (κ3) is 1.78. The minimum absolute atomic E-state index is 0.124. The van der Waals surface area contributed by atoms with Crippen molar-refractivity contribution < 1.29 is 18.8 Å². The van der Waals surface area contributed by atoms with Crippen LogP contribution in [-0.4, -0.2) is 21.2 Å². The SMILES string of the molecule is Cc1oc(Br)cc1-c1nc(C(=O)O)no1. The minimum atomic E-state index is -1.23. The molecular formula is C8H5BrN2O4. The molecule has 0 spiro atoms. The Balaban J connectivity index is 2.45. The number of hydrogen-bond acceptors (Lipinski definition) is 5. The van der Waals surface area contributed by atoms with Crippen molar-refractivity contribution >= 4 is 21.9 Å². The summed E-state index contributed by atoms with van der Waals surface area (Å²) in [6, 6.07) is 1.63. The monoisotopic (exact) mass is 272 g/mol. The van der Waals surface area contributed by atoms with Crippen LogP contribution in [0, 0.1) is 6.92 Å². The molecule has 0 radical (unpaired) electrons. The highest BCUT2D eigenvalue weighted by molar-refractivity contribution is 9.10. The normalized spacial score (nSPS) is 10.5. The van der Waals surface area contributed by atoms with Gasteiger partial charge < -0.3 is 14.0 Å². The Morgan fingerprint density at radius 1 is 1.60 bits per heavy atom. The number of aromatic carboxylic acids is 1. The van der Waals surface area contributed by atoms with E-state index in [2.05, 4.69) is 26.1 Å². The second-order valence-corrected chi connectivity index (χ2v) is 3.53. The molecule has 2 rings (SSSR count). The summed E-state index contributed by atoms with van der Waals surface area (Å²) in [5.41, 5.74) is 0.571. The number of hydrogen-bond donors (Lipinski definition) is 1. The number of halogens is 1. The lowest BCUT2D eigenvalue weighted by atomic mass is 10.3. The van der Waals surface area contributed by atoms with Crippen molar-refractivity contribution in [2.75, 3.05) is 0 Å². The van der Waals surface area contributed by atoms with E-state index in [0.29, 0.717) is 16.0 Å². The summed E-state index contributed by atoms with van der Waals surface area (Å²) in [6.45, 7) is 1.71. The van der Waals surface area contributed by atoms with Gasteiger partial charge in [-0.3, -0.25) is 0 Å². The van der Waals surface area contributed by atoms with Gasteiger partial charge in [0.05, 0.1) is 5.56 Å². The maximum absolute atomic E-state index is 10.5. The zero-order valence-electron chi connectivity index (χ0n) is 7.52. The summed E-state index contributed by atoms with van der Waals surface area (Å²) in [5, 5.41) is 11.9. The molecule has 78 valence electrons. The number of nitrogens with zero attached hydrogens (tertiary/aromatic N) is 2. The maximum Gasteiger partial charge on any atom is 0.377 e. The van der Waals surface area contributed by atoms with Crippen LogP contribution in [0.2, 0.25) is 0 Å². The second kappa shape index (κ2) is 3.50. The van der Waals surface area contributed by atoms with E-state index in [9.17, 15) is 4.79 Å². The zero-order chi connectivity index (χ0) is 11.0. The molecular weight excluding hydrogens is 268 g/mol. The maximum atomic E-state index is 10.5. The predicted molar refractivity (Wildman–Crippen MR) is 51.4 cm³/mol. The fraction of sp³-hybridized carbons (Fsp3) is 0.125. The third-order valence-electron chi connectivity index (χ3n) is 1.74. The predicted octanol–water partition coefficient (Wildman–Crippen LogP) is 2.10. The first-order valence-corrected chi connectivity index (χ1v) is 4.70. The summed E-state index contributed by atoms with van der Waals surface area (Å²) < 4.78 is 10.5. The minimum Gasteiger partial charge on any atom is -0.475 e. The number of aromatic nitrogens is 2. The summed E-state index contributed by atoms with van der Waals surface area (Å²) in [7, 11) is 0. The highest BCUT2D eigenvalue weighted by Gasteiger charge is 2.18. The van der Waals surface area contributed by atoms with Gasteiger partial charge in [-0.05, 0) is 28.0 Å². The summed E-state index contributed by atoms with van der Waals surface area (Å²) in [5.74, 6) is -0.909. The van der Waals surface area contributed by atoms with Crippen molar-refractivity contribution in [3.8, 4) is 11.5 Å². The molecule has 2 heterocycles. The van der Waals surface area contributed by atoms with Gasteiger partial charge >= 0.3 is 5.97 Å². The smallest absolute Gasteiger partial charge is 0.377 e. The second-order valence-electron chi connectivity index (χ2n) is 2.75. The van der Waals surface area contributed by atoms with Gasteiger partial charge in [-0.25, -0.2) is 4.79 Å². The topological polar surface area (TPSA) is 89.4 Å². The highest BCUT2D eigenvalue weighted by Crippen LogP contribution is 2.27. The highest BCUT2D eigenvalue weighted by atomic mass is 79.9. The van der Waals surface area contributed by atoms with Crippen LogP contribution in [0.3, 0.4) is 0 Å². The van der Waals surface area contributed by atoms with Crippen molar-refractivity contribution in [3.63, 3.8) is 0 Å². The van der Waals surface area contributed by atoms with Crippen LogP contribution in [0.15, 0.2) is 19.7 Å². The van der Waals surface area contributed by atoms with Crippen LogP contribution in [0.25, 0.3) is 11.5 Å². The molecule has 0 bridgehead atoms. The van der Waals surface area contributed by atoms with Crippen molar-refractivity contribution in [1.29, 1.82) is 0 Å². The lowest BCUT2D eigenvalue weighted by Crippen LogP contribution is -1.98. The van der Waals surface area contributed by atoms with E-state index in [-0.39, 0.29) is 11.7 Å². The molecule has 0 atom stereocenters. The van der Waals surface area contributed by atoms with Crippen molar-refractivity contribution in [2.45, 2.75) is 6.92 Å². The van der Waals surface area contributed by atoms with Gasteiger partial charge in [0.15, 0.2) is 4.67 Å². The summed E-state index contributed by atoms with van der Waals surface area (Å²) in [4.78, 5) is 14.2. The number of carboxylic acid groups (broad SMARTS) is 1. The number of carboxylic acids is 1. The largest absolute Gasteiger partial charge is 0.475 e. The van der Waals surface area contributed by atoms with Crippen LogP contribution in [0.1, 0.15) is 16.4 Å². The molecule has 0 aliphatic rings. The fourth-order valence-electron chi connectivity index (χ4n) is 1.08. The first kappa shape index (κ1) is 9.91. The molecule has 1 N–H and O–H groups in total. The average Bonchev–Trinajstić information content (AvgIpc) is 2.71. The Hall–Kier alpha value is -1.63. The van der Waals surface area contributed by atoms with E-state index in [4.69, 9.17) is 14.0 Å². The van der Waals surface area contributed by atoms with Gasteiger partial charge in [0.25, 0.3) is 11.7 Å². The van der Waals surface area contributed by atoms with Crippen LogP contribution >= 0.6 is 15.9 Å². The molecule has 15 heavy (non-hydrogen) atoms. The Kier molecular flexibility index (Phi) is 2.31. The Morgan fingerprint density at radius 3 is 2.80 bits per heavy atom. The van der Waals surface area contributed by atoms with Crippen molar-refractivity contribution in [3.05, 3.63) is 22.3 Å². The fourth-order valence-corrected chi connectivity index (χ4v) is 1.55. The Morgan fingerprint density at radius 2 is 2.33 bits per heavy atom. The van der Waals surface area contributed by atoms with Crippen LogP contribution in [0.4, 0.5) is 0 Å². The molecule has 0 fully saturated rings. The lowest BCUT2D eigenvalue weighted by molar-refractivity contribution is 0.0680. The van der Waals surface area contributed by atoms with Crippen LogP contribution < -0.4 is 0 Å². The number of rotatable bonds is 2. The van der Waals surface area contributed by atoms with Gasteiger partial charge in [0.2, 0.25) is 0 Å². The molecule has 0 amide bonds. The number of carbonyl (C=O) groups is 1. The third-order valence-corrected chi connectivity index (χ3v) is 2.13. The zero-order valence-corrected chi connectivity index (χ0v) is 9.11. The standard InChI is InChI=1S/C8H5BrN2O4/c1-3-4(2-5(9)14-3)7-10-6(8(12)13)11-15-7/h2H,1H3,(H,12,13). The summed E-state index contributed by atoms with van der Waals surface area (Å²) in [6.07, 6.45) is 0. The number of furan rings is 1. The molecule has 0 unspecified atom stereocenters. The molecule has 7 heteroatoms. The van der Waals surface area contributed by atoms with Gasteiger partial charge in [0.1, 0.15) is 5.76 Å². The molecule has 0 saturated heterocycles. The molecule has 0 aliphatic carbocycles. The Bertz CT molecular complexity index is 516. The van der Waals surface area contributed by atoms with Gasteiger partial charge in [0, 0.05) is 6.07 Å². The molecule has 0 aromatic carbocycles. The average molecular weight is 273 g/mol. The quantitative estimate of drug-likeness (QED) is 0.901. The van der Waals surface area contributed by atoms with E-state index in [0.717, 1.165) is 0 Å². The summed E-state index contributed by atoms with van der Waals surface area (Å²) >= 11 is 3.14. The first-order valence-electron chi connectivity index (χ1n) is 3.91. The molecule has 0 aliphatic heterocycles. The molecule has 0 saturated carbocycles. The van der Waals surface area contributed by atoms with E-state index in [1.807, 2.05) is 0 Å². The van der Waals surface area contributed by atoms with E-state index < -0.39 is 5.97 Å². The molecule has 2 aromatic heterocycles. The van der Waals surface area contributed by atoms with Gasteiger partial charge in [-0.1, -0.05) is 0 Å².